The van der Waals surface area contributed by atoms with Gasteiger partial charge in [0.1, 0.15) is 0 Å². The number of benzene rings is 1. The zero-order valence-corrected chi connectivity index (χ0v) is 16.5. The summed E-state index contributed by atoms with van der Waals surface area (Å²) in [7, 11) is 0. The van der Waals surface area contributed by atoms with E-state index in [1.807, 2.05) is 26.0 Å². The molecule has 1 aromatic carbocycles. The normalized spacial score (nSPS) is 31.7. The lowest BCUT2D eigenvalue weighted by Gasteiger charge is -2.53. The minimum atomic E-state index is -0.379. The van der Waals surface area contributed by atoms with Gasteiger partial charge in [-0.15, -0.1) is 0 Å². The van der Waals surface area contributed by atoms with Gasteiger partial charge in [0.2, 0.25) is 0 Å². The predicted molar refractivity (Wildman–Crippen MR) is 105 cm³/mol. The molecule has 1 heterocycles. The number of ketones is 1. The molecule has 3 unspecified atom stereocenters. The fourth-order valence-electron chi connectivity index (χ4n) is 4.92. The molecule has 0 aromatic heterocycles. The Morgan fingerprint density at radius 1 is 1.35 bits per heavy atom. The van der Waals surface area contributed by atoms with Crippen LogP contribution in [0, 0.1) is 11.8 Å². The molecule has 2 bridgehead atoms. The topological polar surface area (TPSA) is 52.6 Å². The summed E-state index contributed by atoms with van der Waals surface area (Å²) >= 11 is 0. The molecule has 1 saturated carbocycles. The molecule has 4 nitrogen and oxygen atoms in total. The molecule has 1 aromatic rings. The van der Waals surface area contributed by atoms with E-state index in [-0.39, 0.29) is 23.6 Å². The van der Waals surface area contributed by atoms with Crippen LogP contribution in [0.3, 0.4) is 0 Å². The van der Waals surface area contributed by atoms with Crippen molar-refractivity contribution in [3.63, 3.8) is 0 Å². The van der Waals surface area contributed by atoms with Gasteiger partial charge in [-0.05, 0) is 80.7 Å². The van der Waals surface area contributed by atoms with Gasteiger partial charge in [-0.25, -0.2) is 0 Å². The molecule has 4 heteroatoms. The molecule has 3 aliphatic rings. The zero-order chi connectivity index (χ0) is 18.7. The van der Waals surface area contributed by atoms with Crippen molar-refractivity contribution in [3.05, 3.63) is 29.3 Å². The van der Waals surface area contributed by atoms with Crippen LogP contribution in [-0.2, 0) is 5.41 Å². The number of nitrogens with zero attached hydrogens (tertiary/aromatic N) is 1. The van der Waals surface area contributed by atoms with E-state index in [4.69, 9.17) is 0 Å². The average molecular weight is 357 g/mol. The lowest BCUT2D eigenvalue weighted by Crippen LogP contribution is -2.61. The Bertz CT molecular complexity index is 725. The van der Waals surface area contributed by atoms with Gasteiger partial charge >= 0.3 is 0 Å². The van der Waals surface area contributed by atoms with Crippen molar-refractivity contribution in [2.75, 3.05) is 25.0 Å². The molecule has 1 saturated heterocycles. The van der Waals surface area contributed by atoms with E-state index < -0.39 is 0 Å². The summed E-state index contributed by atoms with van der Waals surface area (Å²) in [6.07, 6.45) is 3.76. The van der Waals surface area contributed by atoms with Crippen molar-refractivity contribution < 1.29 is 9.90 Å². The second kappa shape index (κ2) is 6.07. The van der Waals surface area contributed by atoms with Gasteiger partial charge in [0, 0.05) is 17.8 Å². The summed E-state index contributed by atoms with van der Waals surface area (Å²) < 4.78 is 0. The van der Waals surface area contributed by atoms with E-state index in [1.54, 1.807) is 0 Å². The molecule has 142 valence electrons. The maximum absolute atomic E-state index is 13.3. The highest BCUT2D eigenvalue weighted by atomic mass is 16.3. The number of aliphatic hydroxyl groups is 1. The van der Waals surface area contributed by atoms with Gasteiger partial charge < -0.3 is 10.4 Å². The number of likely N-dealkylation sites (tertiary alicyclic amines) is 1. The van der Waals surface area contributed by atoms with E-state index in [0.29, 0.717) is 11.7 Å². The molecule has 2 fully saturated rings. The van der Waals surface area contributed by atoms with Crippen LogP contribution in [0.5, 0.6) is 0 Å². The first-order chi connectivity index (χ1) is 12.2. The smallest absolute Gasteiger partial charge is 0.180 e. The second-order valence-corrected chi connectivity index (χ2v) is 9.63. The van der Waals surface area contributed by atoms with E-state index in [9.17, 15) is 9.90 Å². The second-order valence-electron chi connectivity index (χ2n) is 9.63. The Hall–Kier alpha value is -1.39. The van der Waals surface area contributed by atoms with Crippen LogP contribution >= 0.6 is 0 Å². The highest BCUT2D eigenvalue weighted by Gasteiger charge is 2.52. The molecule has 0 radical (unpaired) electrons. The number of piperidine rings is 1. The van der Waals surface area contributed by atoms with Gasteiger partial charge in [-0.3, -0.25) is 9.69 Å². The SMILES string of the molecule is CC1C2C(=O)c3ccc(NC(C)(C)CO)cc3C1(C)CCN2CC1CC1. The Morgan fingerprint density at radius 2 is 2.08 bits per heavy atom. The quantitative estimate of drug-likeness (QED) is 0.848. The summed E-state index contributed by atoms with van der Waals surface area (Å²) in [5, 5.41) is 13.0. The summed E-state index contributed by atoms with van der Waals surface area (Å²) in [4.78, 5) is 15.8. The minimum Gasteiger partial charge on any atom is -0.394 e. The van der Waals surface area contributed by atoms with Crippen LogP contribution in [0.2, 0.25) is 0 Å². The maximum Gasteiger partial charge on any atom is 0.180 e. The number of carbonyl (C=O) groups excluding carboxylic acids is 1. The fourth-order valence-corrected chi connectivity index (χ4v) is 4.92. The van der Waals surface area contributed by atoms with Crippen molar-refractivity contribution in [2.24, 2.45) is 11.8 Å². The largest absolute Gasteiger partial charge is 0.394 e. The van der Waals surface area contributed by atoms with E-state index in [2.05, 4.69) is 30.1 Å². The number of hydrogen-bond acceptors (Lipinski definition) is 4. The molecular weight excluding hydrogens is 324 g/mol. The van der Waals surface area contributed by atoms with Crippen LogP contribution in [0.4, 0.5) is 5.69 Å². The summed E-state index contributed by atoms with van der Waals surface area (Å²) in [6, 6.07) is 6.20. The fraction of sp³-hybridized carbons (Fsp3) is 0.682. The van der Waals surface area contributed by atoms with E-state index in [0.717, 1.165) is 36.7 Å². The molecule has 4 rings (SSSR count). The van der Waals surface area contributed by atoms with Crippen molar-refractivity contribution >= 4 is 11.5 Å². The first kappa shape index (κ1) is 18.0. The predicted octanol–water partition coefficient (Wildman–Crippen LogP) is 3.44. The van der Waals surface area contributed by atoms with Gasteiger partial charge in [0.25, 0.3) is 0 Å². The van der Waals surface area contributed by atoms with E-state index in [1.165, 1.54) is 18.4 Å². The third-order valence-electron chi connectivity index (χ3n) is 7.03. The molecule has 26 heavy (non-hydrogen) atoms. The number of Topliss-reactive ketones (excluding diaryl/α,β-unsaturated/α-hetero) is 1. The van der Waals surface area contributed by atoms with Crippen LogP contribution in [0.1, 0.15) is 62.9 Å². The first-order valence-electron chi connectivity index (χ1n) is 10.1. The molecule has 0 amide bonds. The minimum absolute atomic E-state index is 0.0366. The Balaban J connectivity index is 1.70. The van der Waals surface area contributed by atoms with Gasteiger partial charge in [-0.1, -0.05) is 13.8 Å². The molecule has 2 aliphatic carbocycles. The van der Waals surface area contributed by atoms with Crippen molar-refractivity contribution in [3.8, 4) is 0 Å². The molecule has 0 spiro atoms. The third kappa shape index (κ3) is 2.87. The number of hydrogen-bond donors (Lipinski definition) is 2. The number of aliphatic hydroxyl groups excluding tert-OH is 1. The lowest BCUT2D eigenvalue weighted by molar-refractivity contribution is 0.0266. The number of anilines is 1. The molecule has 1 aliphatic heterocycles. The summed E-state index contributed by atoms with van der Waals surface area (Å²) in [5.74, 6) is 1.45. The molecule has 2 N–H and O–H groups in total. The van der Waals surface area contributed by atoms with Crippen LogP contribution in [0.15, 0.2) is 18.2 Å². The number of fused-ring (bicyclic) bond motifs is 4. The number of nitrogens with one attached hydrogen (secondary N) is 1. The van der Waals surface area contributed by atoms with Gasteiger partial charge in [-0.2, -0.15) is 0 Å². The van der Waals surface area contributed by atoms with Crippen LogP contribution < -0.4 is 5.32 Å². The highest BCUT2D eigenvalue weighted by Crippen LogP contribution is 2.50. The van der Waals surface area contributed by atoms with Crippen LogP contribution in [0.25, 0.3) is 0 Å². The van der Waals surface area contributed by atoms with E-state index >= 15 is 0 Å². The average Bonchev–Trinajstić information content (AvgIpc) is 3.41. The van der Waals surface area contributed by atoms with Crippen molar-refractivity contribution in [2.45, 2.75) is 64.0 Å². The Labute approximate surface area is 157 Å². The van der Waals surface area contributed by atoms with Crippen molar-refractivity contribution in [1.29, 1.82) is 0 Å². The number of rotatable bonds is 5. The zero-order valence-electron chi connectivity index (χ0n) is 16.5. The Morgan fingerprint density at radius 3 is 2.73 bits per heavy atom. The van der Waals surface area contributed by atoms with Crippen molar-refractivity contribution in [1.82, 2.24) is 4.90 Å². The summed E-state index contributed by atoms with van der Waals surface area (Å²) in [5.41, 5.74) is 2.74. The monoisotopic (exact) mass is 356 g/mol. The van der Waals surface area contributed by atoms with Gasteiger partial charge in [0.05, 0.1) is 18.2 Å². The third-order valence-corrected chi connectivity index (χ3v) is 7.03. The molecule has 3 atom stereocenters. The van der Waals surface area contributed by atoms with Gasteiger partial charge in [0.15, 0.2) is 5.78 Å². The molecular formula is C22H32N2O2. The first-order valence-corrected chi connectivity index (χ1v) is 10.1. The maximum atomic E-state index is 13.3. The Kier molecular flexibility index (Phi) is 4.20. The highest BCUT2D eigenvalue weighted by molar-refractivity contribution is 6.04. The standard InChI is InChI=1S/C22H32N2O2/c1-14-19-20(26)17-8-7-16(23-21(2,3)13-25)11-18(17)22(14,4)9-10-24(19)12-15-5-6-15/h7-8,11,14-15,19,23,25H,5-6,9-10,12-13H2,1-4H3. The number of carbonyl (C=O) groups is 1. The lowest BCUT2D eigenvalue weighted by atomic mass is 9.58. The van der Waals surface area contributed by atoms with Crippen LogP contribution in [-0.4, -0.2) is 47.1 Å². The summed E-state index contributed by atoms with van der Waals surface area (Å²) in [6.45, 7) is 10.7.